The summed E-state index contributed by atoms with van der Waals surface area (Å²) in [5, 5.41) is 0. The molecule has 0 bridgehead atoms. The molecule has 3 N–H and O–H groups in total. The lowest BCUT2D eigenvalue weighted by Crippen LogP contribution is -2.30. The summed E-state index contributed by atoms with van der Waals surface area (Å²) in [4.78, 5) is 0. The molecule has 0 amide bonds. The molecule has 6 heteroatoms. The van der Waals surface area contributed by atoms with Crippen molar-refractivity contribution in [1.82, 2.24) is 5.43 Å². The molecule has 0 radical (unpaired) electrons. The molecule has 0 aliphatic rings. The van der Waals surface area contributed by atoms with E-state index in [1.54, 1.807) is 31.2 Å². The first-order valence-corrected chi connectivity index (χ1v) is 6.40. The van der Waals surface area contributed by atoms with E-state index in [0.717, 1.165) is 0 Å². The molecule has 21 heavy (non-hydrogen) atoms. The van der Waals surface area contributed by atoms with Crippen molar-refractivity contribution in [3.8, 4) is 5.75 Å². The van der Waals surface area contributed by atoms with Crippen LogP contribution in [0.3, 0.4) is 0 Å². The maximum absolute atomic E-state index is 13.9. The first kappa shape index (κ1) is 15.3. The number of hydrogen-bond donors (Lipinski definition) is 2. The number of hydrogen-bond acceptors (Lipinski definition) is 3. The van der Waals surface area contributed by atoms with Gasteiger partial charge in [-0.1, -0.05) is 18.2 Å². The van der Waals surface area contributed by atoms with Crippen LogP contribution in [0.1, 0.15) is 24.1 Å². The predicted octanol–water partition coefficient (Wildman–Crippen LogP) is 3.06. The first-order valence-electron chi connectivity index (χ1n) is 6.40. The minimum Gasteiger partial charge on any atom is -0.494 e. The third kappa shape index (κ3) is 3.17. The third-order valence-electron chi connectivity index (χ3n) is 3.03. The first-order chi connectivity index (χ1) is 10.1. The molecule has 3 nitrogen and oxygen atoms in total. The van der Waals surface area contributed by atoms with Crippen LogP contribution in [0.15, 0.2) is 36.4 Å². The Hall–Kier alpha value is -2.05. The normalized spacial score (nSPS) is 12.2. The van der Waals surface area contributed by atoms with Gasteiger partial charge in [0.1, 0.15) is 23.2 Å². The summed E-state index contributed by atoms with van der Waals surface area (Å²) < 4.78 is 46.3. The van der Waals surface area contributed by atoms with Crippen molar-refractivity contribution in [2.75, 3.05) is 6.61 Å². The van der Waals surface area contributed by atoms with E-state index in [1.807, 2.05) is 0 Å². The Morgan fingerprint density at radius 2 is 1.76 bits per heavy atom. The fourth-order valence-corrected chi connectivity index (χ4v) is 2.16. The monoisotopic (exact) mass is 296 g/mol. The number of nitrogens with one attached hydrogen (secondary N) is 1. The molecule has 1 atom stereocenters. The second-order valence-electron chi connectivity index (χ2n) is 4.35. The summed E-state index contributed by atoms with van der Waals surface area (Å²) in [6.07, 6.45) is 0. The SMILES string of the molecule is CCOc1ccccc1C(NN)c1c(F)cc(F)cc1F. The average molecular weight is 296 g/mol. The number of para-hydroxylation sites is 1. The van der Waals surface area contributed by atoms with Crippen molar-refractivity contribution < 1.29 is 17.9 Å². The summed E-state index contributed by atoms with van der Waals surface area (Å²) in [5.74, 6) is 2.89. The van der Waals surface area contributed by atoms with Crippen LogP contribution in [0.2, 0.25) is 0 Å². The molecule has 2 rings (SSSR count). The van der Waals surface area contributed by atoms with E-state index in [9.17, 15) is 13.2 Å². The van der Waals surface area contributed by atoms with Crippen molar-refractivity contribution in [1.29, 1.82) is 0 Å². The van der Waals surface area contributed by atoms with Crippen LogP contribution in [0.5, 0.6) is 5.75 Å². The summed E-state index contributed by atoms with van der Waals surface area (Å²) >= 11 is 0. The molecule has 0 saturated carbocycles. The summed E-state index contributed by atoms with van der Waals surface area (Å²) in [5.41, 5.74) is 2.46. The van der Waals surface area contributed by atoms with Crippen molar-refractivity contribution in [3.63, 3.8) is 0 Å². The number of rotatable bonds is 5. The molecule has 0 saturated heterocycles. The van der Waals surface area contributed by atoms with Crippen molar-refractivity contribution in [3.05, 3.63) is 65.0 Å². The zero-order valence-electron chi connectivity index (χ0n) is 11.4. The lowest BCUT2D eigenvalue weighted by atomic mass is 9.97. The quantitative estimate of drug-likeness (QED) is 0.658. The van der Waals surface area contributed by atoms with E-state index in [1.165, 1.54) is 0 Å². The van der Waals surface area contributed by atoms with Crippen molar-refractivity contribution >= 4 is 0 Å². The highest BCUT2D eigenvalue weighted by Gasteiger charge is 2.24. The molecule has 1 unspecified atom stereocenters. The van der Waals surface area contributed by atoms with Gasteiger partial charge in [-0.05, 0) is 13.0 Å². The molecule has 2 aromatic carbocycles. The zero-order valence-corrected chi connectivity index (χ0v) is 11.4. The molecule has 0 fully saturated rings. The van der Waals surface area contributed by atoms with E-state index in [-0.39, 0.29) is 5.56 Å². The second kappa shape index (κ2) is 6.60. The fourth-order valence-electron chi connectivity index (χ4n) is 2.16. The number of ether oxygens (including phenoxy) is 1. The highest BCUT2D eigenvalue weighted by atomic mass is 19.1. The maximum atomic E-state index is 13.9. The van der Waals surface area contributed by atoms with E-state index in [4.69, 9.17) is 10.6 Å². The van der Waals surface area contributed by atoms with Crippen LogP contribution < -0.4 is 16.0 Å². The van der Waals surface area contributed by atoms with Crippen LogP contribution in [-0.4, -0.2) is 6.61 Å². The van der Waals surface area contributed by atoms with Gasteiger partial charge in [0.05, 0.1) is 12.6 Å². The van der Waals surface area contributed by atoms with Gasteiger partial charge in [-0.25, -0.2) is 18.6 Å². The Kier molecular flexibility index (Phi) is 4.82. The Labute approximate surface area is 120 Å². The number of halogens is 3. The standard InChI is InChI=1S/C15H15F3N2O/c1-2-21-13-6-4-3-5-10(13)15(20-19)14-11(17)7-9(16)8-12(14)18/h3-8,15,20H,2,19H2,1H3. The number of nitrogens with two attached hydrogens (primary N) is 1. The van der Waals surface area contributed by atoms with Crippen LogP contribution in [0.25, 0.3) is 0 Å². The average Bonchev–Trinajstić information content (AvgIpc) is 2.44. The van der Waals surface area contributed by atoms with Crippen LogP contribution in [0, 0.1) is 17.5 Å². The highest BCUT2D eigenvalue weighted by molar-refractivity contribution is 5.42. The van der Waals surface area contributed by atoms with Gasteiger partial charge in [0, 0.05) is 23.3 Å². The van der Waals surface area contributed by atoms with Gasteiger partial charge in [0.25, 0.3) is 0 Å². The molecule has 2 aromatic rings. The van der Waals surface area contributed by atoms with E-state index in [2.05, 4.69) is 5.43 Å². The third-order valence-corrected chi connectivity index (χ3v) is 3.03. The van der Waals surface area contributed by atoms with E-state index >= 15 is 0 Å². The van der Waals surface area contributed by atoms with E-state index < -0.39 is 23.5 Å². The maximum Gasteiger partial charge on any atom is 0.134 e. The lowest BCUT2D eigenvalue weighted by Gasteiger charge is -2.21. The lowest BCUT2D eigenvalue weighted by molar-refractivity contribution is 0.332. The molecule has 0 aliphatic carbocycles. The molecule has 112 valence electrons. The smallest absolute Gasteiger partial charge is 0.134 e. The van der Waals surface area contributed by atoms with Gasteiger partial charge in [0.15, 0.2) is 0 Å². The predicted molar refractivity (Wildman–Crippen MR) is 73.1 cm³/mol. The van der Waals surface area contributed by atoms with E-state index in [0.29, 0.717) is 30.1 Å². The zero-order chi connectivity index (χ0) is 15.4. The molecule has 0 spiro atoms. The van der Waals surface area contributed by atoms with Crippen molar-refractivity contribution in [2.45, 2.75) is 13.0 Å². The summed E-state index contributed by atoms with van der Waals surface area (Å²) in [6, 6.07) is 6.98. The summed E-state index contributed by atoms with van der Waals surface area (Å²) in [6.45, 7) is 2.18. The molecule has 0 heterocycles. The minimum absolute atomic E-state index is 0.356. The van der Waals surface area contributed by atoms with Crippen LogP contribution >= 0.6 is 0 Å². The van der Waals surface area contributed by atoms with Gasteiger partial charge in [0.2, 0.25) is 0 Å². The molecular weight excluding hydrogens is 281 g/mol. The van der Waals surface area contributed by atoms with Gasteiger partial charge >= 0.3 is 0 Å². The second-order valence-corrected chi connectivity index (χ2v) is 4.35. The fraction of sp³-hybridized carbons (Fsp3) is 0.200. The van der Waals surface area contributed by atoms with Gasteiger partial charge < -0.3 is 4.74 Å². The van der Waals surface area contributed by atoms with Crippen molar-refractivity contribution in [2.24, 2.45) is 5.84 Å². The van der Waals surface area contributed by atoms with Crippen LogP contribution in [-0.2, 0) is 0 Å². The molecule has 0 aromatic heterocycles. The molecular formula is C15H15F3N2O. The van der Waals surface area contributed by atoms with Crippen LogP contribution in [0.4, 0.5) is 13.2 Å². The topological polar surface area (TPSA) is 47.3 Å². The Bertz CT molecular complexity index is 611. The van der Waals surface area contributed by atoms with Gasteiger partial charge in [-0.15, -0.1) is 0 Å². The summed E-state index contributed by atoms with van der Waals surface area (Å²) in [7, 11) is 0. The molecule has 0 aliphatic heterocycles. The number of hydrazine groups is 1. The minimum atomic E-state index is -1.01. The Balaban J connectivity index is 2.55. The highest BCUT2D eigenvalue weighted by Crippen LogP contribution is 2.32. The van der Waals surface area contributed by atoms with Gasteiger partial charge in [-0.3, -0.25) is 5.84 Å². The Morgan fingerprint density at radius 1 is 1.14 bits per heavy atom. The largest absolute Gasteiger partial charge is 0.494 e. The Morgan fingerprint density at radius 3 is 2.33 bits per heavy atom. The number of benzene rings is 2. The van der Waals surface area contributed by atoms with Gasteiger partial charge in [-0.2, -0.15) is 0 Å².